The van der Waals surface area contributed by atoms with Crippen molar-refractivity contribution in [3.05, 3.63) is 65.7 Å². The quantitative estimate of drug-likeness (QED) is 0.701. The highest BCUT2D eigenvalue weighted by Crippen LogP contribution is 2.25. The van der Waals surface area contributed by atoms with Crippen molar-refractivity contribution >= 4 is 23.6 Å². The summed E-state index contributed by atoms with van der Waals surface area (Å²) in [5, 5.41) is 2.69. The largest absolute Gasteiger partial charge is 0.493 e. The van der Waals surface area contributed by atoms with Gasteiger partial charge < -0.3 is 15.8 Å². The molecule has 2 amide bonds. The van der Waals surface area contributed by atoms with Crippen molar-refractivity contribution in [2.24, 2.45) is 11.7 Å². The molecule has 28 heavy (non-hydrogen) atoms. The Morgan fingerprint density at radius 2 is 1.86 bits per heavy atom. The topological polar surface area (TPSA) is 81.4 Å². The van der Waals surface area contributed by atoms with Gasteiger partial charge in [-0.3, -0.25) is 9.59 Å². The molecule has 0 saturated heterocycles. The van der Waals surface area contributed by atoms with Gasteiger partial charge in [0.1, 0.15) is 5.75 Å². The van der Waals surface area contributed by atoms with E-state index in [1.165, 1.54) is 38.2 Å². The minimum atomic E-state index is -0.581. The zero-order chi connectivity index (χ0) is 19.8. The molecule has 3 rings (SSSR count). The Labute approximate surface area is 165 Å². The molecule has 146 valence electrons. The van der Waals surface area contributed by atoms with Crippen LogP contribution in [-0.4, -0.2) is 18.4 Å². The normalized spacial score (nSPS) is 14.7. The van der Waals surface area contributed by atoms with E-state index in [0.717, 1.165) is 17.9 Å². The molecule has 0 atom stereocenters. The first-order valence-electron chi connectivity index (χ1n) is 9.72. The summed E-state index contributed by atoms with van der Waals surface area (Å²) < 4.78 is 5.94. The molecule has 2 aromatic carbocycles. The highest BCUT2D eigenvalue weighted by molar-refractivity contribution is 6.07. The van der Waals surface area contributed by atoms with Gasteiger partial charge in [-0.1, -0.05) is 43.5 Å². The Kier molecular flexibility index (Phi) is 6.84. The number of carbonyl (C=O) groups is 2. The van der Waals surface area contributed by atoms with Gasteiger partial charge in [-0.05, 0) is 54.7 Å². The van der Waals surface area contributed by atoms with Crippen molar-refractivity contribution in [2.45, 2.75) is 32.1 Å². The van der Waals surface area contributed by atoms with Crippen molar-refractivity contribution in [1.29, 1.82) is 0 Å². The van der Waals surface area contributed by atoms with Gasteiger partial charge in [0.2, 0.25) is 5.91 Å². The van der Waals surface area contributed by atoms with Crippen molar-refractivity contribution in [2.75, 3.05) is 11.9 Å². The molecule has 0 spiro atoms. The fourth-order valence-corrected chi connectivity index (χ4v) is 3.43. The van der Waals surface area contributed by atoms with Crippen LogP contribution in [0.4, 0.5) is 5.69 Å². The summed E-state index contributed by atoms with van der Waals surface area (Å²) in [6.45, 7) is 0.748. The van der Waals surface area contributed by atoms with Crippen molar-refractivity contribution < 1.29 is 14.3 Å². The minimum absolute atomic E-state index is 0.280. The second-order valence-corrected chi connectivity index (χ2v) is 7.12. The molecule has 5 heteroatoms. The molecule has 0 aliphatic heterocycles. The van der Waals surface area contributed by atoms with Gasteiger partial charge in [0.25, 0.3) is 5.91 Å². The van der Waals surface area contributed by atoms with Crippen LogP contribution in [-0.2, 0) is 4.79 Å². The average molecular weight is 378 g/mol. The molecular formula is C23H26N2O3. The fourth-order valence-electron chi connectivity index (χ4n) is 3.43. The number of rotatable bonds is 7. The van der Waals surface area contributed by atoms with Gasteiger partial charge in [-0.2, -0.15) is 0 Å². The first-order chi connectivity index (χ1) is 13.6. The Bertz CT molecular complexity index is 854. The van der Waals surface area contributed by atoms with E-state index in [1.54, 1.807) is 30.3 Å². The molecule has 0 radical (unpaired) electrons. The lowest BCUT2D eigenvalue weighted by Crippen LogP contribution is -2.16. The molecule has 0 unspecified atom stereocenters. The maximum absolute atomic E-state index is 12.2. The van der Waals surface area contributed by atoms with E-state index in [1.807, 2.05) is 24.3 Å². The predicted octanol–water partition coefficient (Wildman–Crippen LogP) is 4.40. The third-order valence-corrected chi connectivity index (χ3v) is 4.95. The van der Waals surface area contributed by atoms with E-state index in [-0.39, 0.29) is 11.5 Å². The average Bonchev–Trinajstić information content (AvgIpc) is 2.72. The maximum atomic E-state index is 12.2. The molecule has 0 bridgehead atoms. The number of para-hydroxylation sites is 1. The van der Waals surface area contributed by atoms with Crippen molar-refractivity contribution in [3.63, 3.8) is 0 Å². The second-order valence-electron chi connectivity index (χ2n) is 7.12. The highest BCUT2D eigenvalue weighted by atomic mass is 16.5. The van der Waals surface area contributed by atoms with Crippen LogP contribution in [0.3, 0.4) is 0 Å². The molecule has 5 nitrogen and oxygen atoms in total. The summed E-state index contributed by atoms with van der Waals surface area (Å²) in [6.07, 6.45) is 9.56. The smallest absolute Gasteiger partial charge is 0.250 e. The van der Waals surface area contributed by atoms with Crippen LogP contribution >= 0.6 is 0 Å². The van der Waals surface area contributed by atoms with Crippen LogP contribution in [0.1, 0.15) is 48.0 Å². The summed E-state index contributed by atoms with van der Waals surface area (Å²) in [6, 6.07) is 14.3. The molecule has 1 aliphatic carbocycles. The Hall–Kier alpha value is -3.08. The number of carbonyl (C=O) groups excluding carboxylic acids is 2. The zero-order valence-electron chi connectivity index (χ0n) is 15.9. The number of primary amides is 1. The van der Waals surface area contributed by atoms with E-state index in [2.05, 4.69) is 5.32 Å². The number of hydrogen-bond donors (Lipinski definition) is 2. The molecule has 2 aromatic rings. The van der Waals surface area contributed by atoms with Crippen LogP contribution in [0.25, 0.3) is 6.08 Å². The Morgan fingerprint density at radius 3 is 2.64 bits per heavy atom. The van der Waals surface area contributed by atoms with Crippen LogP contribution in [0.5, 0.6) is 5.75 Å². The lowest BCUT2D eigenvalue weighted by molar-refractivity contribution is -0.111. The molecule has 1 saturated carbocycles. The minimum Gasteiger partial charge on any atom is -0.493 e. The van der Waals surface area contributed by atoms with Gasteiger partial charge in [0, 0.05) is 6.08 Å². The number of anilines is 1. The van der Waals surface area contributed by atoms with Crippen LogP contribution in [0.15, 0.2) is 54.6 Å². The molecule has 1 fully saturated rings. The molecule has 0 aromatic heterocycles. The second kappa shape index (κ2) is 9.74. The lowest BCUT2D eigenvalue weighted by Gasteiger charge is -2.21. The van der Waals surface area contributed by atoms with E-state index in [0.29, 0.717) is 11.6 Å². The summed E-state index contributed by atoms with van der Waals surface area (Å²) in [7, 11) is 0. The summed E-state index contributed by atoms with van der Waals surface area (Å²) >= 11 is 0. The SMILES string of the molecule is NC(=O)c1ccccc1NC(=O)/C=C/c1cccc(OCC2CCCCC2)c1. The number of benzene rings is 2. The monoisotopic (exact) mass is 378 g/mol. The highest BCUT2D eigenvalue weighted by Gasteiger charge is 2.14. The van der Waals surface area contributed by atoms with E-state index < -0.39 is 5.91 Å². The maximum Gasteiger partial charge on any atom is 0.250 e. The van der Waals surface area contributed by atoms with Crippen molar-refractivity contribution in [1.82, 2.24) is 0 Å². The molecule has 1 aliphatic rings. The number of nitrogens with one attached hydrogen (secondary N) is 1. The van der Waals surface area contributed by atoms with Gasteiger partial charge in [0.05, 0.1) is 17.9 Å². The van der Waals surface area contributed by atoms with Crippen LogP contribution < -0.4 is 15.8 Å². The lowest BCUT2D eigenvalue weighted by atomic mass is 9.90. The van der Waals surface area contributed by atoms with Gasteiger partial charge >= 0.3 is 0 Å². The summed E-state index contributed by atoms with van der Waals surface area (Å²) in [5.74, 6) is 0.543. The molecule has 0 heterocycles. The van der Waals surface area contributed by atoms with Gasteiger partial charge in [-0.25, -0.2) is 0 Å². The van der Waals surface area contributed by atoms with Gasteiger partial charge in [0.15, 0.2) is 0 Å². The number of amides is 2. The van der Waals surface area contributed by atoms with E-state index >= 15 is 0 Å². The first-order valence-corrected chi connectivity index (χ1v) is 9.72. The van der Waals surface area contributed by atoms with Gasteiger partial charge in [-0.15, -0.1) is 0 Å². The first kappa shape index (κ1) is 19.7. The fraction of sp³-hybridized carbons (Fsp3) is 0.304. The molecule has 3 N–H and O–H groups in total. The third-order valence-electron chi connectivity index (χ3n) is 4.95. The van der Waals surface area contributed by atoms with Crippen LogP contribution in [0.2, 0.25) is 0 Å². The summed E-state index contributed by atoms with van der Waals surface area (Å²) in [5.41, 5.74) is 6.88. The Balaban J connectivity index is 1.58. The zero-order valence-corrected chi connectivity index (χ0v) is 15.9. The van der Waals surface area contributed by atoms with Crippen LogP contribution in [0, 0.1) is 5.92 Å². The van der Waals surface area contributed by atoms with Crippen molar-refractivity contribution in [3.8, 4) is 5.75 Å². The van der Waals surface area contributed by atoms with E-state index in [4.69, 9.17) is 10.5 Å². The third kappa shape index (κ3) is 5.71. The summed E-state index contributed by atoms with van der Waals surface area (Å²) in [4.78, 5) is 23.6. The number of ether oxygens (including phenoxy) is 1. The number of hydrogen-bond acceptors (Lipinski definition) is 3. The number of nitrogens with two attached hydrogens (primary N) is 1. The standard InChI is InChI=1S/C23H26N2O3/c24-23(27)20-11-4-5-12-21(20)25-22(26)14-13-17-9-6-10-19(15-17)28-16-18-7-2-1-3-8-18/h4-6,9-15,18H,1-3,7-8,16H2,(H2,24,27)(H,25,26)/b14-13+. The molecular weight excluding hydrogens is 352 g/mol. The van der Waals surface area contributed by atoms with E-state index in [9.17, 15) is 9.59 Å². The predicted molar refractivity (Wildman–Crippen MR) is 111 cm³/mol. The Morgan fingerprint density at radius 1 is 1.07 bits per heavy atom.